The SMILES string of the molecule is COc1cc2nc(C3=CC=C(N4CCN(CCO)CC4)NC3)cc(N3CCC(CO)C3)c2cc1F. The highest BCUT2D eigenvalue weighted by molar-refractivity contribution is 5.95. The number of nitrogens with zero attached hydrogens (tertiary/aromatic N) is 4. The Morgan fingerprint density at radius 3 is 2.57 bits per heavy atom. The Kier molecular flexibility index (Phi) is 7.08. The molecule has 8 nitrogen and oxygen atoms in total. The third-order valence-electron chi connectivity index (χ3n) is 7.31. The fourth-order valence-electron chi connectivity index (χ4n) is 5.22. The molecule has 0 radical (unpaired) electrons. The minimum absolute atomic E-state index is 0.158. The summed E-state index contributed by atoms with van der Waals surface area (Å²) in [6.07, 6.45) is 5.14. The van der Waals surface area contributed by atoms with Gasteiger partial charge in [-0.15, -0.1) is 0 Å². The van der Waals surface area contributed by atoms with E-state index in [0.29, 0.717) is 12.1 Å². The number of rotatable bonds is 7. The molecule has 4 heterocycles. The molecule has 3 aliphatic heterocycles. The fraction of sp³-hybridized carbons (Fsp3) is 0.500. The predicted molar refractivity (Wildman–Crippen MR) is 135 cm³/mol. The van der Waals surface area contributed by atoms with Gasteiger partial charge in [0.1, 0.15) is 5.82 Å². The van der Waals surface area contributed by atoms with Crippen molar-refractivity contribution in [3.8, 4) is 5.75 Å². The number of fused-ring (bicyclic) bond motifs is 1. The first-order valence-electron chi connectivity index (χ1n) is 12.4. The van der Waals surface area contributed by atoms with Gasteiger partial charge >= 0.3 is 0 Å². The van der Waals surface area contributed by atoms with Gasteiger partial charge in [0.05, 0.1) is 24.9 Å². The van der Waals surface area contributed by atoms with Crippen LogP contribution < -0.4 is 15.0 Å². The summed E-state index contributed by atoms with van der Waals surface area (Å²) in [4.78, 5) is 11.7. The average molecular weight is 484 g/mol. The van der Waals surface area contributed by atoms with E-state index in [0.717, 1.165) is 80.4 Å². The second-order valence-corrected chi connectivity index (χ2v) is 9.46. The molecule has 188 valence electrons. The number of hydrogen-bond acceptors (Lipinski definition) is 8. The number of pyridine rings is 1. The predicted octanol–water partition coefficient (Wildman–Crippen LogP) is 1.64. The first-order chi connectivity index (χ1) is 17.1. The summed E-state index contributed by atoms with van der Waals surface area (Å²) in [6.45, 7) is 7.02. The van der Waals surface area contributed by atoms with Crippen LogP contribution in [0.25, 0.3) is 16.5 Å². The van der Waals surface area contributed by atoms with Gasteiger partial charge in [0.25, 0.3) is 0 Å². The standard InChI is InChI=1S/C26H34FN5O3/c1-35-25-14-23-20(12-21(25)27)24(32-5-4-18(16-32)17-34)13-22(29-23)19-2-3-26(28-15-19)31-8-6-30(7-9-31)10-11-33/h2-3,12-14,18,28,33-34H,4-11,15-17H2,1H3. The molecule has 3 N–H and O–H groups in total. The summed E-state index contributed by atoms with van der Waals surface area (Å²) in [7, 11) is 1.46. The Morgan fingerprint density at radius 2 is 1.91 bits per heavy atom. The largest absolute Gasteiger partial charge is 0.494 e. The first-order valence-corrected chi connectivity index (χ1v) is 12.4. The van der Waals surface area contributed by atoms with Crippen molar-refractivity contribution in [3.05, 3.63) is 47.7 Å². The van der Waals surface area contributed by atoms with Crippen molar-refractivity contribution in [2.45, 2.75) is 6.42 Å². The normalized spacial score (nSPS) is 21.2. The zero-order valence-corrected chi connectivity index (χ0v) is 20.2. The maximum absolute atomic E-state index is 14.6. The van der Waals surface area contributed by atoms with Crippen LogP contribution in [0.2, 0.25) is 0 Å². The molecule has 0 aliphatic carbocycles. The van der Waals surface area contributed by atoms with E-state index in [1.54, 1.807) is 6.07 Å². The van der Waals surface area contributed by atoms with Gasteiger partial charge in [-0.2, -0.15) is 0 Å². The van der Waals surface area contributed by atoms with E-state index < -0.39 is 5.82 Å². The number of dihydropyridines is 1. The number of halogens is 1. The topological polar surface area (TPSA) is 84.3 Å². The first kappa shape index (κ1) is 23.8. The summed E-state index contributed by atoms with van der Waals surface area (Å²) < 4.78 is 19.8. The van der Waals surface area contributed by atoms with E-state index in [1.165, 1.54) is 13.2 Å². The molecule has 2 saturated heterocycles. The van der Waals surface area contributed by atoms with Crippen LogP contribution in [0.4, 0.5) is 10.1 Å². The lowest BCUT2D eigenvalue weighted by Crippen LogP contribution is -2.49. The fourth-order valence-corrected chi connectivity index (χ4v) is 5.22. The second kappa shape index (κ2) is 10.4. The minimum atomic E-state index is -0.404. The van der Waals surface area contributed by atoms with Gasteiger partial charge in [0.2, 0.25) is 0 Å². The van der Waals surface area contributed by atoms with Gasteiger partial charge < -0.3 is 30.1 Å². The van der Waals surface area contributed by atoms with Crippen LogP contribution in [0.15, 0.2) is 36.2 Å². The van der Waals surface area contributed by atoms with Crippen molar-refractivity contribution in [1.29, 1.82) is 0 Å². The lowest BCUT2D eigenvalue weighted by molar-refractivity contribution is 0.128. The summed E-state index contributed by atoms with van der Waals surface area (Å²) in [6, 6.07) is 5.23. The number of hydrogen-bond donors (Lipinski definition) is 3. The number of aliphatic hydroxyl groups is 2. The number of benzene rings is 1. The third kappa shape index (κ3) is 4.94. The lowest BCUT2D eigenvalue weighted by Gasteiger charge is -2.38. The van der Waals surface area contributed by atoms with Gasteiger partial charge in [-0.05, 0) is 30.2 Å². The highest BCUT2D eigenvalue weighted by Crippen LogP contribution is 2.35. The monoisotopic (exact) mass is 483 g/mol. The van der Waals surface area contributed by atoms with Crippen molar-refractivity contribution in [3.63, 3.8) is 0 Å². The highest BCUT2D eigenvalue weighted by Gasteiger charge is 2.26. The molecule has 1 aromatic carbocycles. The minimum Gasteiger partial charge on any atom is -0.494 e. The molecule has 0 bridgehead atoms. The Morgan fingerprint density at radius 1 is 1.09 bits per heavy atom. The number of aliphatic hydroxyl groups excluding tert-OH is 2. The van der Waals surface area contributed by atoms with Crippen LogP contribution in [0.3, 0.4) is 0 Å². The zero-order valence-electron chi connectivity index (χ0n) is 20.2. The smallest absolute Gasteiger partial charge is 0.165 e. The van der Waals surface area contributed by atoms with Crippen LogP contribution in [-0.4, -0.2) is 97.7 Å². The average Bonchev–Trinajstić information content (AvgIpc) is 3.38. The molecule has 2 fully saturated rings. The van der Waals surface area contributed by atoms with E-state index in [4.69, 9.17) is 14.8 Å². The van der Waals surface area contributed by atoms with E-state index in [-0.39, 0.29) is 24.9 Å². The number of allylic oxidation sites excluding steroid dienone is 2. The summed E-state index contributed by atoms with van der Waals surface area (Å²) in [5.74, 6) is 1.11. The van der Waals surface area contributed by atoms with Crippen LogP contribution in [0.1, 0.15) is 12.1 Å². The number of β-amino-alcohol motifs (C(OH)–C–C–N with tert-alkyl or cyclic N) is 1. The Balaban J connectivity index is 1.44. The van der Waals surface area contributed by atoms with Gasteiger partial charge in [0.15, 0.2) is 11.6 Å². The molecule has 2 aromatic rings. The van der Waals surface area contributed by atoms with Crippen molar-refractivity contribution < 1.29 is 19.3 Å². The number of aromatic nitrogens is 1. The quantitative estimate of drug-likeness (QED) is 0.548. The highest BCUT2D eigenvalue weighted by atomic mass is 19.1. The maximum Gasteiger partial charge on any atom is 0.165 e. The summed E-state index contributed by atoms with van der Waals surface area (Å²) in [5.41, 5.74) is 3.55. The molecule has 5 rings (SSSR count). The van der Waals surface area contributed by atoms with Crippen molar-refractivity contribution in [2.75, 3.05) is 77.6 Å². The number of ether oxygens (including phenoxy) is 1. The number of methoxy groups -OCH3 is 1. The van der Waals surface area contributed by atoms with E-state index in [2.05, 4.69) is 32.2 Å². The van der Waals surface area contributed by atoms with Crippen molar-refractivity contribution >= 4 is 22.2 Å². The molecule has 3 aliphatic rings. The molecular weight excluding hydrogens is 449 g/mol. The second-order valence-electron chi connectivity index (χ2n) is 9.46. The lowest BCUT2D eigenvalue weighted by atomic mass is 10.0. The molecule has 1 atom stereocenters. The van der Waals surface area contributed by atoms with Crippen molar-refractivity contribution in [1.82, 2.24) is 20.1 Å². The van der Waals surface area contributed by atoms with E-state index >= 15 is 0 Å². The molecule has 0 amide bonds. The Hall–Kier alpha value is -2.88. The number of anilines is 1. The Bertz CT molecular complexity index is 1130. The molecule has 9 heteroatoms. The zero-order chi connectivity index (χ0) is 24.4. The van der Waals surface area contributed by atoms with Crippen LogP contribution in [-0.2, 0) is 0 Å². The van der Waals surface area contributed by atoms with Crippen LogP contribution in [0, 0.1) is 11.7 Å². The van der Waals surface area contributed by atoms with Gasteiger partial charge in [-0.25, -0.2) is 9.37 Å². The number of piperazine rings is 1. The summed E-state index contributed by atoms with van der Waals surface area (Å²) >= 11 is 0. The van der Waals surface area contributed by atoms with Gasteiger partial charge in [-0.3, -0.25) is 4.90 Å². The maximum atomic E-state index is 14.6. The molecular formula is C26H34FN5O3. The van der Waals surface area contributed by atoms with E-state index in [1.807, 2.05) is 6.07 Å². The molecule has 1 unspecified atom stereocenters. The van der Waals surface area contributed by atoms with Crippen molar-refractivity contribution in [2.24, 2.45) is 5.92 Å². The molecule has 1 aromatic heterocycles. The number of nitrogens with one attached hydrogen (secondary N) is 1. The van der Waals surface area contributed by atoms with Crippen LogP contribution in [0.5, 0.6) is 5.75 Å². The van der Waals surface area contributed by atoms with Gasteiger partial charge in [0, 0.05) is 82.0 Å². The molecule has 0 saturated carbocycles. The molecule has 35 heavy (non-hydrogen) atoms. The summed E-state index contributed by atoms with van der Waals surface area (Å²) in [5, 5.41) is 23.1. The third-order valence-corrected chi connectivity index (χ3v) is 7.31. The van der Waals surface area contributed by atoms with E-state index in [9.17, 15) is 9.50 Å². The molecule has 0 spiro atoms. The van der Waals surface area contributed by atoms with Crippen LogP contribution >= 0.6 is 0 Å². The Labute approximate surface area is 205 Å². The van der Waals surface area contributed by atoms with Gasteiger partial charge in [-0.1, -0.05) is 6.08 Å².